The van der Waals surface area contributed by atoms with Crippen LogP contribution in [0.2, 0.25) is 0 Å². The first-order valence-electron chi connectivity index (χ1n) is 10.0. The molecule has 1 fully saturated rings. The van der Waals surface area contributed by atoms with E-state index in [0.717, 1.165) is 47.5 Å². The van der Waals surface area contributed by atoms with E-state index in [1.807, 2.05) is 24.4 Å². The highest BCUT2D eigenvalue weighted by molar-refractivity contribution is 5.94. The van der Waals surface area contributed by atoms with Crippen molar-refractivity contribution in [3.63, 3.8) is 0 Å². The SMILES string of the molecule is CC1CNCCN1c1ccc(Nc2nccc(-c3c[nH]c4ccccc34)n2)cc1. The van der Waals surface area contributed by atoms with Gasteiger partial charge in [0.15, 0.2) is 0 Å². The number of rotatable bonds is 4. The minimum atomic E-state index is 0.499. The van der Waals surface area contributed by atoms with Crippen LogP contribution in [0.25, 0.3) is 22.2 Å². The first kappa shape index (κ1) is 17.7. The average Bonchev–Trinajstić information content (AvgIpc) is 3.19. The highest BCUT2D eigenvalue weighted by Crippen LogP contribution is 2.28. The Morgan fingerprint density at radius 1 is 1.07 bits per heavy atom. The lowest BCUT2D eigenvalue weighted by atomic mass is 10.1. The Balaban J connectivity index is 1.36. The number of fused-ring (bicyclic) bond motifs is 1. The van der Waals surface area contributed by atoms with E-state index >= 15 is 0 Å². The number of piperazine rings is 1. The Morgan fingerprint density at radius 2 is 1.93 bits per heavy atom. The molecule has 4 aromatic rings. The first-order chi connectivity index (χ1) is 14.3. The molecule has 1 atom stereocenters. The van der Waals surface area contributed by atoms with Gasteiger partial charge in [-0.05, 0) is 43.3 Å². The second-order valence-corrected chi connectivity index (χ2v) is 7.43. The van der Waals surface area contributed by atoms with Crippen LogP contribution in [0.3, 0.4) is 0 Å². The van der Waals surface area contributed by atoms with Gasteiger partial charge in [0.25, 0.3) is 0 Å². The van der Waals surface area contributed by atoms with Gasteiger partial charge in [-0.1, -0.05) is 18.2 Å². The van der Waals surface area contributed by atoms with Gasteiger partial charge in [-0.3, -0.25) is 0 Å². The smallest absolute Gasteiger partial charge is 0.227 e. The summed E-state index contributed by atoms with van der Waals surface area (Å²) < 4.78 is 0. The van der Waals surface area contributed by atoms with Crippen molar-refractivity contribution in [2.24, 2.45) is 0 Å². The van der Waals surface area contributed by atoms with Crippen LogP contribution in [-0.4, -0.2) is 40.6 Å². The van der Waals surface area contributed by atoms with Crippen LogP contribution < -0.4 is 15.5 Å². The maximum Gasteiger partial charge on any atom is 0.227 e. The summed E-state index contributed by atoms with van der Waals surface area (Å²) in [6, 6.07) is 19.2. The van der Waals surface area contributed by atoms with Crippen LogP contribution in [0, 0.1) is 0 Å². The fourth-order valence-electron chi connectivity index (χ4n) is 3.94. The zero-order chi connectivity index (χ0) is 19.6. The van der Waals surface area contributed by atoms with E-state index < -0.39 is 0 Å². The lowest BCUT2D eigenvalue weighted by molar-refractivity contribution is 0.501. The van der Waals surface area contributed by atoms with Gasteiger partial charge in [-0.15, -0.1) is 0 Å². The molecule has 1 aliphatic heterocycles. The van der Waals surface area contributed by atoms with Crippen molar-refractivity contribution in [2.45, 2.75) is 13.0 Å². The second-order valence-electron chi connectivity index (χ2n) is 7.43. The van der Waals surface area contributed by atoms with Crippen molar-refractivity contribution in [1.29, 1.82) is 0 Å². The van der Waals surface area contributed by atoms with E-state index in [4.69, 9.17) is 4.98 Å². The Hall–Kier alpha value is -3.38. The number of nitrogens with zero attached hydrogens (tertiary/aromatic N) is 3. The predicted octanol–water partition coefficient (Wildman–Crippen LogP) is 4.17. The van der Waals surface area contributed by atoms with Gasteiger partial charge in [-0.25, -0.2) is 9.97 Å². The van der Waals surface area contributed by atoms with Gasteiger partial charge < -0.3 is 20.5 Å². The zero-order valence-corrected chi connectivity index (χ0v) is 16.4. The number of hydrogen-bond acceptors (Lipinski definition) is 5. The van der Waals surface area contributed by atoms with E-state index in [2.05, 4.69) is 68.8 Å². The molecule has 3 heterocycles. The predicted molar refractivity (Wildman–Crippen MR) is 119 cm³/mol. The maximum absolute atomic E-state index is 4.72. The van der Waals surface area contributed by atoms with Gasteiger partial charge >= 0.3 is 0 Å². The molecule has 146 valence electrons. The van der Waals surface area contributed by atoms with E-state index in [-0.39, 0.29) is 0 Å². The molecule has 5 rings (SSSR count). The maximum atomic E-state index is 4.72. The Labute approximate surface area is 170 Å². The van der Waals surface area contributed by atoms with Crippen LogP contribution in [-0.2, 0) is 0 Å². The van der Waals surface area contributed by atoms with Crippen molar-refractivity contribution in [3.05, 3.63) is 67.0 Å². The standard InChI is InChI=1S/C23H24N6/c1-16-14-24-12-13-29(16)18-8-6-17(7-9-18)27-23-25-11-10-22(28-23)20-15-26-21-5-3-2-4-19(20)21/h2-11,15-16,24,26H,12-14H2,1H3,(H,25,27,28). The molecule has 6 heteroatoms. The number of anilines is 3. The molecule has 1 aliphatic rings. The molecule has 2 aromatic carbocycles. The lowest BCUT2D eigenvalue weighted by Crippen LogP contribution is -2.49. The van der Waals surface area contributed by atoms with Gasteiger partial charge in [0.05, 0.1) is 5.69 Å². The van der Waals surface area contributed by atoms with Gasteiger partial charge in [-0.2, -0.15) is 0 Å². The van der Waals surface area contributed by atoms with Crippen molar-refractivity contribution < 1.29 is 0 Å². The van der Waals surface area contributed by atoms with Crippen LogP contribution in [0.15, 0.2) is 67.0 Å². The highest BCUT2D eigenvalue weighted by Gasteiger charge is 2.18. The first-order valence-corrected chi connectivity index (χ1v) is 10.0. The highest BCUT2D eigenvalue weighted by atomic mass is 15.2. The van der Waals surface area contributed by atoms with Crippen LogP contribution in [0.1, 0.15) is 6.92 Å². The topological polar surface area (TPSA) is 68.9 Å². The summed E-state index contributed by atoms with van der Waals surface area (Å²) in [6.07, 6.45) is 3.80. The van der Waals surface area contributed by atoms with Crippen LogP contribution in [0.4, 0.5) is 17.3 Å². The summed E-state index contributed by atoms with van der Waals surface area (Å²) in [5, 5.41) is 7.92. The molecule has 29 heavy (non-hydrogen) atoms. The molecule has 0 aliphatic carbocycles. The van der Waals surface area contributed by atoms with Gasteiger partial charge in [0, 0.05) is 65.9 Å². The van der Waals surface area contributed by atoms with Gasteiger partial charge in [0.1, 0.15) is 0 Å². The summed E-state index contributed by atoms with van der Waals surface area (Å²) in [7, 11) is 0. The number of hydrogen-bond donors (Lipinski definition) is 3. The summed E-state index contributed by atoms with van der Waals surface area (Å²) in [4.78, 5) is 14.9. The fourth-order valence-corrected chi connectivity index (χ4v) is 3.94. The summed E-state index contributed by atoms with van der Waals surface area (Å²) in [5.74, 6) is 0.594. The van der Waals surface area contributed by atoms with Crippen molar-refractivity contribution in [1.82, 2.24) is 20.3 Å². The molecule has 1 unspecified atom stereocenters. The minimum absolute atomic E-state index is 0.499. The molecule has 6 nitrogen and oxygen atoms in total. The number of aromatic amines is 1. The van der Waals surface area contributed by atoms with Gasteiger partial charge in [0.2, 0.25) is 5.95 Å². The van der Waals surface area contributed by atoms with E-state index in [0.29, 0.717) is 12.0 Å². The third-order valence-corrected chi connectivity index (χ3v) is 5.48. The second kappa shape index (κ2) is 7.56. The number of para-hydroxylation sites is 1. The summed E-state index contributed by atoms with van der Waals surface area (Å²) in [5.41, 5.74) is 5.30. The van der Waals surface area contributed by atoms with E-state index in [1.54, 1.807) is 6.20 Å². The zero-order valence-electron chi connectivity index (χ0n) is 16.4. The van der Waals surface area contributed by atoms with E-state index in [1.165, 1.54) is 5.69 Å². The fraction of sp³-hybridized carbons (Fsp3) is 0.217. The molecule has 0 spiro atoms. The largest absolute Gasteiger partial charge is 0.366 e. The van der Waals surface area contributed by atoms with Crippen LogP contribution >= 0.6 is 0 Å². The molecule has 2 aromatic heterocycles. The number of aromatic nitrogens is 3. The van der Waals surface area contributed by atoms with Crippen molar-refractivity contribution in [3.8, 4) is 11.3 Å². The molecule has 1 saturated heterocycles. The number of nitrogens with one attached hydrogen (secondary N) is 3. The molecule has 0 radical (unpaired) electrons. The Morgan fingerprint density at radius 3 is 2.79 bits per heavy atom. The monoisotopic (exact) mass is 384 g/mol. The minimum Gasteiger partial charge on any atom is -0.366 e. The number of H-pyrrole nitrogens is 1. The lowest BCUT2D eigenvalue weighted by Gasteiger charge is -2.36. The van der Waals surface area contributed by atoms with Crippen molar-refractivity contribution in [2.75, 3.05) is 29.9 Å². The molecular formula is C23H24N6. The Kier molecular flexibility index (Phi) is 4.62. The summed E-state index contributed by atoms with van der Waals surface area (Å²) >= 11 is 0. The van der Waals surface area contributed by atoms with E-state index in [9.17, 15) is 0 Å². The molecule has 0 saturated carbocycles. The third-order valence-electron chi connectivity index (χ3n) is 5.48. The summed E-state index contributed by atoms with van der Waals surface area (Å²) in [6.45, 7) is 5.33. The average molecular weight is 384 g/mol. The van der Waals surface area contributed by atoms with Crippen LogP contribution in [0.5, 0.6) is 0 Å². The molecule has 0 bridgehead atoms. The quantitative estimate of drug-likeness (QED) is 0.493. The Bertz CT molecular complexity index is 1120. The number of benzene rings is 2. The molecule has 0 amide bonds. The third kappa shape index (κ3) is 3.54. The normalized spacial score (nSPS) is 16.9. The van der Waals surface area contributed by atoms with Crippen molar-refractivity contribution >= 4 is 28.2 Å². The molecule has 3 N–H and O–H groups in total. The molecular weight excluding hydrogens is 360 g/mol.